The number of nitrogens with zero attached hydrogens (tertiary/aromatic N) is 3. The Morgan fingerprint density at radius 2 is 2.10 bits per heavy atom. The fourth-order valence-electron chi connectivity index (χ4n) is 2.26. The first-order valence-corrected chi connectivity index (χ1v) is 7.63. The number of pyridine rings is 1. The molecule has 2 heterocycles. The number of imidazole rings is 1. The van der Waals surface area contributed by atoms with Gasteiger partial charge in [0.25, 0.3) is 0 Å². The maximum atomic E-state index is 6.03. The van der Waals surface area contributed by atoms with Crippen LogP contribution in [0.1, 0.15) is 17.0 Å². The van der Waals surface area contributed by atoms with Crippen molar-refractivity contribution in [2.75, 3.05) is 0 Å². The van der Waals surface area contributed by atoms with Crippen LogP contribution in [-0.4, -0.2) is 14.5 Å². The van der Waals surface area contributed by atoms with Crippen molar-refractivity contribution in [1.82, 2.24) is 14.5 Å². The maximum absolute atomic E-state index is 6.03. The van der Waals surface area contributed by atoms with Gasteiger partial charge in [0.15, 0.2) is 5.65 Å². The molecule has 0 N–H and O–H groups in total. The molecule has 0 aliphatic carbocycles. The predicted octanol–water partition coefficient (Wildman–Crippen LogP) is 4.29. The molecule has 102 valence electrons. The van der Waals surface area contributed by atoms with E-state index in [1.165, 1.54) is 11.1 Å². The standard InChI is InChI=1S/C15H13BrClN3/c1-10-4-2-3-5-11(10)9-20-14(7-17)19-13-6-12(16)8-18-15(13)20/h2-6,8H,7,9H2,1H3. The van der Waals surface area contributed by atoms with E-state index in [9.17, 15) is 0 Å². The van der Waals surface area contributed by atoms with Crippen molar-refractivity contribution in [3.05, 3.63) is 58.0 Å². The first kappa shape index (κ1) is 13.6. The number of benzene rings is 1. The lowest BCUT2D eigenvalue weighted by Crippen LogP contribution is -2.05. The third kappa shape index (κ3) is 2.45. The Morgan fingerprint density at radius 3 is 2.85 bits per heavy atom. The normalized spacial score (nSPS) is 11.2. The lowest BCUT2D eigenvalue weighted by Gasteiger charge is -2.09. The topological polar surface area (TPSA) is 30.7 Å². The summed E-state index contributed by atoms with van der Waals surface area (Å²) in [5.41, 5.74) is 4.24. The predicted molar refractivity (Wildman–Crippen MR) is 85.1 cm³/mol. The minimum absolute atomic E-state index is 0.375. The molecule has 0 bridgehead atoms. The van der Waals surface area contributed by atoms with Gasteiger partial charge in [0.2, 0.25) is 0 Å². The molecule has 1 aromatic carbocycles. The van der Waals surface area contributed by atoms with E-state index in [-0.39, 0.29) is 0 Å². The molecule has 0 saturated carbocycles. The van der Waals surface area contributed by atoms with Gasteiger partial charge >= 0.3 is 0 Å². The fourth-order valence-corrected chi connectivity index (χ4v) is 2.78. The summed E-state index contributed by atoms with van der Waals surface area (Å²) in [4.78, 5) is 9.03. The first-order valence-electron chi connectivity index (χ1n) is 6.30. The molecule has 0 unspecified atom stereocenters. The quantitative estimate of drug-likeness (QED) is 0.660. The summed E-state index contributed by atoms with van der Waals surface area (Å²) in [5, 5.41) is 0. The van der Waals surface area contributed by atoms with E-state index >= 15 is 0 Å². The average Bonchev–Trinajstić information content (AvgIpc) is 2.78. The second-order valence-corrected chi connectivity index (χ2v) is 5.85. The Labute approximate surface area is 130 Å². The fraction of sp³-hybridized carbons (Fsp3) is 0.200. The van der Waals surface area contributed by atoms with Gasteiger partial charge in [-0.3, -0.25) is 0 Å². The van der Waals surface area contributed by atoms with E-state index < -0.39 is 0 Å². The number of halogens is 2. The summed E-state index contributed by atoms with van der Waals surface area (Å²) < 4.78 is 3.00. The molecule has 5 heteroatoms. The van der Waals surface area contributed by atoms with Crippen LogP contribution in [0.15, 0.2) is 41.0 Å². The van der Waals surface area contributed by atoms with Crippen molar-refractivity contribution >= 4 is 38.7 Å². The Balaban J connectivity index is 2.12. The van der Waals surface area contributed by atoms with Crippen molar-refractivity contribution in [2.45, 2.75) is 19.3 Å². The molecule has 3 aromatic rings. The van der Waals surface area contributed by atoms with Crippen molar-refractivity contribution in [3.63, 3.8) is 0 Å². The van der Waals surface area contributed by atoms with Gasteiger partial charge < -0.3 is 4.57 Å². The number of fused-ring (bicyclic) bond motifs is 1. The van der Waals surface area contributed by atoms with Gasteiger partial charge in [-0.2, -0.15) is 0 Å². The van der Waals surface area contributed by atoms with Crippen molar-refractivity contribution in [3.8, 4) is 0 Å². The number of hydrogen-bond donors (Lipinski definition) is 0. The number of hydrogen-bond acceptors (Lipinski definition) is 2. The van der Waals surface area contributed by atoms with Crippen LogP contribution in [0.25, 0.3) is 11.2 Å². The van der Waals surface area contributed by atoms with Crippen molar-refractivity contribution in [2.24, 2.45) is 0 Å². The van der Waals surface area contributed by atoms with Crippen LogP contribution in [-0.2, 0) is 12.4 Å². The van der Waals surface area contributed by atoms with Gasteiger partial charge in [0.05, 0.1) is 12.4 Å². The molecule has 0 aliphatic heterocycles. The molecular formula is C15H13BrClN3. The molecule has 2 aromatic heterocycles. The van der Waals surface area contributed by atoms with Gasteiger partial charge in [-0.05, 0) is 40.0 Å². The average molecular weight is 351 g/mol. The van der Waals surface area contributed by atoms with Gasteiger partial charge in [0.1, 0.15) is 11.3 Å². The smallest absolute Gasteiger partial charge is 0.160 e. The Hall–Kier alpha value is -1.39. The zero-order valence-electron chi connectivity index (χ0n) is 11.0. The first-order chi connectivity index (χ1) is 9.69. The van der Waals surface area contributed by atoms with Crippen LogP contribution >= 0.6 is 27.5 Å². The summed E-state index contributed by atoms with van der Waals surface area (Å²) >= 11 is 9.45. The second kappa shape index (κ2) is 5.54. The van der Waals surface area contributed by atoms with Gasteiger partial charge in [-0.15, -0.1) is 11.6 Å². The molecule has 20 heavy (non-hydrogen) atoms. The number of alkyl halides is 1. The lowest BCUT2D eigenvalue weighted by molar-refractivity contribution is 0.766. The summed E-state index contributed by atoms with van der Waals surface area (Å²) in [6.45, 7) is 2.85. The lowest BCUT2D eigenvalue weighted by atomic mass is 10.1. The van der Waals surface area contributed by atoms with Crippen LogP contribution < -0.4 is 0 Å². The van der Waals surface area contributed by atoms with E-state index in [0.29, 0.717) is 5.88 Å². The third-order valence-corrected chi connectivity index (χ3v) is 4.01. The molecule has 3 rings (SSSR count). The number of aromatic nitrogens is 3. The second-order valence-electron chi connectivity index (χ2n) is 4.67. The highest BCUT2D eigenvalue weighted by Gasteiger charge is 2.12. The van der Waals surface area contributed by atoms with Crippen LogP contribution in [0.5, 0.6) is 0 Å². The van der Waals surface area contributed by atoms with E-state index in [2.05, 4.69) is 49.5 Å². The summed E-state index contributed by atoms with van der Waals surface area (Å²) in [5.74, 6) is 1.22. The Kier molecular flexibility index (Phi) is 3.76. The SMILES string of the molecule is Cc1ccccc1Cn1c(CCl)nc2cc(Br)cnc21. The molecular weight excluding hydrogens is 338 g/mol. The van der Waals surface area contributed by atoms with Gasteiger partial charge in [-0.25, -0.2) is 9.97 Å². The van der Waals surface area contributed by atoms with E-state index in [1.54, 1.807) is 6.20 Å². The molecule has 0 saturated heterocycles. The van der Waals surface area contributed by atoms with Crippen molar-refractivity contribution < 1.29 is 0 Å². The van der Waals surface area contributed by atoms with E-state index in [0.717, 1.165) is 28.0 Å². The summed E-state index contributed by atoms with van der Waals surface area (Å²) in [7, 11) is 0. The van der Waals surface area contributed by atoms with Crippen LogP contribution in [0.3, 0.4) is 0 Å². The van der Waals surface area contributed by atoms with Crippen LogP contribution in [0, 0.1) is 6.92 Å². The highest BCUT2D eigenvalue weighted by atomic mass is 79.9. The van der Waals surface area contributed by atoms with E-state index in [1.807, 2.05) is 18.2 Å². The summed E-state index contributed by atoms with van der Waals surface area (Å²) in [6, 6.07) is 10.3. The largest absolute Gasteiger partial charge is 0.307 e. The molecule has 0 aliphatic rings. The highest BCUT2D eigenvalue weighted by molar-refractivity contribution is 9.10. The third-order valence-electron chi connectivity index (χ3n) is 3.34. The number of rotatable bonds is 3. The maximum Gasteiger partial charge on any atom is 0.160 e. The van der Waals surface area contributed by atoms with Gasteiger partial charge in [0, 0.05) is 10.7 Å². The van der Waals surface area contributed by atoms with Gasteiger partial charge in [-0.1, -0.05) is 24.3 Å². The molecule has 3 nitrogen and oxygen atoms in total. The van der Waals surface area contributed by atoms with Crippen molar-refractivity contribution in [1.29, 1.82) is 0 Å². The Bertz CT molecular complexity index is 767. The minimum Gasteiger partial charge on any atom is -0.307 e. The zero-order valence-corrected chi connectivity index (χ0v) is 13.3. The molecule has 0 atom stereocenters. The zero-order chi connectivity index (χ0) is 14.1. The Morgan fingerprint density at radius 1 is 1.30 bits per heavy atom. The monoisotopic (exact) mass is 349 g/mol. The molecule has 0 fully saturated rings. The van der Waals surface area contributed by atoms with E-state index in [4.69, 9.17) is 11.6 Å². The highest BCUT2D eigenvalue weighted by Crippen LogP contribution is 2.21. The number of aryl methyl sites for hydroxylation is 1. The summed E-state index contributed by atoms with van der Waals surface area (Å²) in [6.07, 6.45) is 1.79. The minimum atomic E-state index is 0.375. The van der Waals surface area contributed by atoms with Crippen LogP contribution in [0.4, 0.5) is 0 Å². The molecule has 0 amide bonds. The van der Waals surface area contributed by atoms with Crippen LogP contribution in [0.2, 0.25) is 0 Å². The molecule has 0 spiro atoms. The molecule has 0 radical (unpaired) electrons.